The number of piperidine rings is 1. The Kier molecular flexibility index (Phi) is 7.75. The molecule has 0 saturated carbocycles. The maximum absolute atomic E-state index is 13.5. The minimum atomic E-state index is -4.54. The van der Waals surface area contributed by atoms with Gasteiger partial charge in [-0.1, -0.05) is 40.6 Å². The highest BCUT2D eigenvalue weighted by Gasteiger charge is 2.38. The second-order valence-electron chi connectivity index (χ2n) is 9.82. The number of nitrogens with one attached hydrogen (secondary N) is 1. The number of benzene rings is 1. The first kappa shape index (κ1) is 26.7. The summed E-state index contributed by atoms with van der Waals surface area (Å²) < 4.78 is 40.5. The van der Waals surface area contributed by atoms with Crippen molar-refractivity contribution >= 4 is 56.4 Å². The van der Waals surface area contributed by atoms with E-state index < -0.39 is 11.2 Å². The van der Waals surface area contributed by atoms with Gasteiger partial charge in [-0.3, -0.25) is 0 Å². The molecule has 3 aromatic rings. The molecule has 0 aliphatic carbocycles. The highest BCUT2D eigenvalue weighted by atomic mass is 35.5. The van der Waals surface area contributed by atoms with Crippen LogP contribution in [0.2, 0.25) is 10.0 Å². The second-order valence-corrected chi connectivity index (χ2v) is 11.6. The molecule has 2 aliphatic heterocycles. The summed E-state index contributed by atoms with van der Waals surface area (Å²) in [6.07, 6.45) is -2.27. The average Bonchev–Trinajstić information content (AvgIpc) is 3.24. The molecule has 4 heterocycles. The molecule has 0 amide bonds. The van der Waals surface area contributed by atoms with Gasteiger partial charge in [-0.25, -0.2) is 9.97 Å². The van der Waals surface area contributed by atoms with Crippen molar-refractivity contribution in [1.29, 1.82) is 0 Å². The summed E-state index contributed by atoms with van der Waals surface area (Å²) >= 11 is 13.0. The molecule has 12 heteroatoms. The van der Waals surface area contributed by atoms with Crippen molar-refractivity contribution in [1.82, 2.24) is 14.9 Å². The number of halogens is 5. The molecular formula is C25H28Cl2F3N5OS. The van der Waals surface area contributed by atoms with Gasteiger partial charge < -0.3 is 20.2 Å². The summed E-state index contributed by atoms with van der Waals surface area (Å²) in [5, 5.41) is 12.7. The van der Waals surface area contributed by atoms with Gasteiger partial charge in [0.15, 0.2) is 0 Å². The predicted octanol–water partition coefficient (Wildman–Crippen LogP) is 6.33. The van der Waals surface area contributed by atoms with E-state index in [9.17, 15) is 18.3 Å². The Morgan fingerprint density at radius 2 is 1.95 bits per heavy atom. The highest BCUT2D eigenvalue weighted by Crippen LogP contribution is 2.41. The Hall–Kier alpha value is -1.85. The van der Waals surface area contributed by atoms with E-state index in [1.54, 1.807) is 24.3 Å². The number of alkyl halides is 3. The van der Waals surface area contributed by atoms with Crippen molar-refractivity contribution < 1.29 is 18.3 Å². The number of pyridine rings is 1. The van der Waals surface area contributed by atoms with Gasteiger partial charge in [0.2, 0.25) is 5.01 Å². The summed E-state index contributed by atoms with van der Waals surface area (Å²) in [6.45, 7) is 6.35. The topological polar surface area (TPSA) is 64.5 Å². The van der Waals surface area contributed by atoms with E-state index in [0.29, 0.717) is 51.3 Å². The molecule has 0 bridgehead atoms. The lowest BCUT2D eigenvalue weighted by Crippen LogP contribution is -2.54. The third kappa shape index (κ3) is 5.78. The van der Waals surface area contributed by atoms with E-state index in [2.05, 4.69) is 25.1 Å². The maximum Gasteiger partial charge on any atom is 0.443 e. The number of aromatic nitrogens is 2. The lowest BCUT2D eigenvalue weighted by molar-refractivity contribution is -0.137. The highest BCUT2D eigenvalue weighted by molar-refractivity contribution is 7.18. The molecule has 0 radical (unpaired) electrons. The molecule has 6 nitrogen and oxygen atoms in total. The minimum Gasteiger partial charge on any atom is -0.395 e. The summed E-state index contributed by atoms with van der Waals surface area (Å²) in [7, 11) is 0. The molecule has 2 atom stereocenters. The van der Waals surface area contributed by atoms with Crippen molar-refractivity contribution in [2.24, 2.45) is 11.8 Å². The molecule has 2 aromatic heterocycles. The standard InChI is InChI=1S/C25H28Cl2F3N5OS/c1-14(18-5-4-17(26)9-19(18)27)31-20-10-21(32-23-22(20)33-24(37-23)25(28,29)30)35-12-16(13-35)15-3-2-6-34(11-15)7-8-36/h4-5,9-10,14-16,36H,2-3,6-8,11-13H2,1H3,(H,31,32)/t14-,15+/m1/s1. The third-order valence-corrected chi connectivity index (χ3v) is 8.81. The quantitative estimate of drug-likeness (QED) is 0.344. The molecule has 2 saturated heterocycles. The maximum atomic E-state index is 13.5. The van der Waals surface area contributed by atoms with E-state index >= 15 is 0 Å². The van der Waals surface area contributed by atoms with Crippen LogP contribution in [-0.2, 0) is 6.18 Å². The number of anilines is 2. The first-order chi connectivity index (χ1) is 17.6. The van der Waals surface area contributed by atoms with E-state index in [0.717, 1.165) is 44.6 Å². The van der Waals surface area contributed by atoms with Gasteiger partial charge in [0, 0.05) is 42.3 Å². The van der Waals surface area contributed by atoms with Crippen LogP contribution in [0.15, 0.2) is 24.3 Å². The molecule has 37 heavy (non-hydrogen) atoms. The Morgan fingerprint density at radius 1 is 1.16 bits per heavy atom. The first-order valence-electron chi connectivity index (χ1n) is 12.3. The number of hydrogen-bond donors (Lipinski definition) is 2. The zero-order chi connectivity index (χ0) is 26.3. The van der Waals surface area contributed by atoms with Crippen LogP contribution in [0.1, 0.15) is 36.4 Å². The zero-order valence-electron chi connectivity index (χ0n) is 20.2. The van der Waals surface area contributed by atoms with Gasteiger partial charge in [-0.2, -0.15) is 13.2 Å². The predicted molar refractivity (Wildman–Crippen MR) is 143 cm³/mol. The fraction of sp³-hybridized carbons (Fsp3) is 0.520. The van der Waals surface area contributed by atoms with E-state index in [-0.39, 0.29) is 23.0 Å². The van der Waals surface area contributed by atoms with Crippen molar-refractivity contribution in [2.45, 2.75) is 32.0 Å². The van der Waals surface area contributed by atoms with Crippen LogP contribution in [0.5, 0.6) is 0 Å². The third-order valence-electron chi connectivity index (χ3n) is 7.26. The molecule has 5 rings (SSSR count). The van der Waals surface area contributed by atoms with E-state index in [1.807, 2.05) is 6.92 Å². The largest absolute Gasteiger partial charge is 0.443 e. The fourth-order valence-electron chi connectivity index (χ4n) is 5.27. The van der Waals surface area contributed by atoms with Crippen LogP contribution in [0.25, 0.3) is 10.3 Å². The smallest absolute Gasteiger partial charge is 0.395 e. The lowest BCUT2D eigenvalue weighted by Gasteiger charge is -2.47. The van der Waals surface area contributed by atoms with Gasteiger partial charge >= 0.3 is 6.18 Å². The van der Waals surface area contributed by atoms with E-state index in [4.69, 9.17) is 23.2 Å². The molecule has 2 fully saturated rings. The van der Waals surface area contributed by atoms with Crippen molar-refractivity contribution in [3.8, 4) is 0 Å². The minimum absolute atomic E-state index is 0.164. The number of thiazole rings is 1. The first-order valence-corrected chi connectivity index (χ1v) is 13.9. The Morgan fingerprint density at radius 3 is 2.65 bits per heavy atom. The zero-order valence-corrected chi connectivity index (χ0v) is 22.6. The molecule has 0 unspecified atom stereocenters. The fourth-order valence-corrected chi connectivity index (χ4v) is 6.67. The second kappa shape index (κ2) is 10.7. The Balaban J connectivity index is 1.39. The van der Waals surface area contributed by atoms with Gasteiger partial charge in [0.1, 0.15) is 16.2 Å². The van der Waals surface area contributed by atoms with Crippen molar-refractivity contribution in [3.05, 3.63) is 44.9 Å². The molecule has 2 N–H and O–H groups in total. The summed E-state index contributed by atoms with van der Waals surface area (Å²) in [5.41, 5.74) is 1.46. The molecule has 200 valence electrons. The molecule has 1 aromatic carbocycles. The van der Waals surface area contributed by atoms with Crippen molar-refractivity contribution in [3.63, 3.8) is 0 Å². The molecular weight excluding hydrogens is 546 g/mol. The van der Waals surface area contributed by atoms with Crippen LogP contribution in [-0.4, -0.2) is 59.3 Å². The number of nitrogens with zero attached hydrogens (tertiary/aromatic N) is 4. The van der Waals surface area contributed by atoms with Gasteiger partial charge in [-0.05, 0) is 55.8 Å². The Labute approximate surface area is 227 Å². The average molecular weight is 574 g/mol. The van der Waals surface area contributed by atoms with Crippen LogP contribution < -0.4 is 10.2 Å². The van der Waals surface area contributed by atoms with Crippen LogP contribution in [0.4, 0.5) is 24.7 Å². The molecule has 2 aliphatic rings. The number of rotatable bonds is 7. The van der Waals surface area contributed by atoms with Crippen LogP contribution in [0.3, 0.4) is 0 Å². The summed E-state index contributed by atoms with van der Waals surface area (Å²) in [4.78, 5) is 13.1. The van der Waals surface area contributed by atoms with Gasteiger partial charge in [0.25, 0.3) is 0 Å². The number of aliphatic hydroxyl groups excluding tert-OH is 1. The van der Waals surface area contributed by atoms with Gasteiger partial charge in [0.05, 0.1) is 18.3 Å². The normalized spacial score (nSPS) is 20.3. The number of hydrogen-bond acceptors (Lipinski definition) is 7. The molecule has 0 spiro atoms. The SMILES string of the molecule is C[C@@H](Nc1cc(N2CC([C@H]3CCCN(CCO)C3)C2)nc2sc(C(F)(F)F)nc12)c1ccc(Cl)cc1Cl. The summed E-state index contributed by atoms with van der Waals surface area (Å²) in [6, 6.07) is 6.66. The number of likely N-dealkylation sites (tertiary alicyclic amines) is 1. The number of fused-ring (bicyclic) bond motifs is 1. The van der Waals surface area contributed by atoms with Gasteiger partial charge in [-0.15, -0.1) is 0 Å². The van der Waals surface area contributed by atoms with Crippen LogP contribution in [0, 0.1) is 11.8 Å². The van der Waals surface area contributed by atoms with Crippen molar-refractivity contribution in [2.75, 3.05) is 49.5 Å². The monoisotopic (exact) mass is 573 g/mol. The van der Waals surface area contributed by atoms with Crippen LogP contribution >= 0.6 is 34.5 Å². The number of aliphatic hydroxyl groups is 1. The number of β-amino-alcohol motifs (C(OH)–C–C–N with tert-alkyl or cyclic N) is 1. The Bertz CT molecular complexity index is 1270. The summed E-state index contributed by atoms with van der Waals surface area (Å²) in [5.74, 6) is 1.68. The van der Waals surface area contributed by atoms with E-state index in [1.165, 1.54) is 0 Å². The lowest BCUT2D eigenvalue weighted by atomic mass is 9.80.